The molecule has 4 heteroatoms. The van der Waals surface area contributed by atoms with Crippen LogP contribution in [-0.4, -0.2) is 11.9 Å². The molecule has 0 N–H and O–H groups in total. The Morgan fingerprint density at radius 1 is 1.28 bits per heavy atom. The number of hydrogen-bond donors (Lipinski definition) is 0. The summed E-state index contributed by atoms with van der Waals surface area (Å²) in [5, 5.41) is 0. The van der Waals surface area contributed by atoms with Gasteiger partial charge in [0.15, 0.2) is 0 Å². The van der Waals surface area contributed by atoms with E-state index in [1.165, 1.54) is 0 Å². The largest absolute Gasteiger partial charge is 0.433 e. The van der Waals surface area contributed by atoms with Crippen molar-refractivity contribution >= 4 is 11.4 Å². The highest BCUT2D eigenvalue weighted by Gasteiger charge is 2.37. The third-order valence-electron chi connectivity index (χ3n) is 2.50. The number of alkyl halides is 3. The standard InChI is InChI=1S/C14H16F3N/c1-4-7-11(3)13(14(15,16)17)18-12-9-6-5-8-10(12)2/h5-6,8-9H,3-4,7H2,1-2H3/b18-13+. The fourth-order valence-electron chi connectivity index (χ4n) is 1.57. The summed E-state index contributed by atoms with van der Waals surface area (Å²) in [7, 11) is 0. The zero-order valence-electron chi connectivity index (χ0n) is 10.5. The van der Waals surface area contributed by atoms with Crippen molar-refractivity contribution in [1.82, 2.24) is 0 Å². The predicted octanol–water partition coefficient (Wildman–Crippen LogP) is 4.99. The molecule has 0 aliphatic rings. The van der Waals surface area contributed by atoms with Gasteiger partial charge in [0.05, 0.1) is 5.69 Å². The molecule has 0 atom stereocenters. The SMILES string of the molecule is C=C(CCC)/C(=N\c1ccccc1C)C(F)(F)F. The van der Waals surface area contributed by atoms with Crippen LogP contribution in [-0.2, 0) is 0 Å². The van der Waals surface area contributed by atoms with Crippen molar-refractivity contribution in [2.45, 2.75) is 32.9 Å². The average Bonchev–Trinajstić information content (AvgIpc) is 2.26. The van der Waals surface area contributed by atoms with Gasteiger partial charge in [0.1, 0.15) is 5.71 Å². The van der Waals surface area contributed by atoms with E-state index in [4.69, 9.17) is 0 Å². The predicted molar refractivity (Wildman–Crippen MR) is 68.4 cm³/mol. The first kappa shape index (κ1) is 14.5. The number of hydrogen-bond acceptors (Lipinski definition) is 1. The molecule has 0 aromatic heterocycles. The molecule has 1 rings (SSSR count). The topological polar surface area (TPSA) is 12.4 Å². The molecule has 0 saturated heterocycles. The van der Waals surface area contributed by atoms with Gasteiger partial charge in [-0.15, -0.1) is 0 Å². The smallest absolute Gasteiger partial charge is 0.243 e. The first-order valence-electron chi connectivity index (χ1n) is 5.76. The van der Waals surface area contributed by atoms with Gasteiger partial charge < -0.3 is 0 Å². The lowest BCUT2D eigenvalue weighted by Crippen LogP contribution is -2.24. The summed E-state index contributed by atoms with van der Waals surface area (Å²) < 4.78 is 38.8. The number of nitrogens with zero attached hydrogens (tertiary/aromatic N) is 1. The van der Waals surface area contributed by atoms with E-state index < -0.39 is 11.9 Å². The van der Waals surface area contributed by atoms with E-state index in [-0.39, 0.29) is 5.57 Å². The van der Waals surface area contributed by atoms with Crippen LogP contribution in [0.4, 0.5) is 18.9 Å². The molecule has 18 heavy (non-hydrogen) atoms. The number of aliphatic imine (C=N–C) groups is 1. The molecule has 0 fully saturated rings. The second-order valence-electron chi connectivity index (χ2n) is 4.10. The second kappa shape index (κ2) is 5.85. The fourth-order valence-corrected chi connectivity index (χ4v) is 1.57. The van der Waals surface area contributed by atoms with Gasteiger partial charge in [-0.2, -0.15) is 13.2 Å². The Bertz CT molecular complexity index is 458. The molecule has 98 valence electrons. The molecule has 1 aromatic rings. The van der Waals surface area contributed by atoms with E-state index in [2.05, 4.69) is 11.6 Å². The highest BCUT2D eigenvalue weighted by molar-refractivity contribution is 6.05. The van der Waals surface area contributed by atoms with Crippen molar-refractivity contribution in [3.05, 3.63) is 42.0 Å². The van der Waals surface area contributed by atoms with Crippen LogP contribution in [0.1, 0.15) is 25.3 Å². The Morgan fingerprint density at radius 2 is 1.89 bits per heavy atom. The maximum atomic E-state index is 12.9. The van der Waals surface area contributed by atoms with Crippen molar-refractivity contribution < 1.29 is 13.2 Å². The van der Waals surface area contributed by atoms with Gasteiger partial charge in [-0.3, -0.25) is 0 Å². The summed E-state index contributed by atoms with van der Waals surface area (Å²) in [6, 6.07) is 6.74. The number of aryl methyl sites for hydroxylation is 1. The first-order chi connectivity index (χ1) is 8.36. The minimum atomic E-state index is -4.46. The van der Waals surface area contributed by atoms with E-state index in [0.29, 0.717) is 24.1 Å². The van der Waals surface area contributed by atoms with Gasteiger partial charge in [0.2, 0.25) is 0 Å². The molecule has 0 aliphatic carbocycles. The second-order valence-corrected chi connectivity index (χ2v) is 4.10. The van der Waals surface area contributed by atoms with Crippen LogP contribution in [0.25, 0.3) is 0 Å². The molecule has 0 radical (unpaired) electrons. The summed E-state index contributed by atoms with van der Waals surface area (Å²) in [4.78, 5) is 3.74. The minimum absolute atomic E-state index is 0.0354. The van der Waals surface area contributed by atoms with Crippen molar-refractivity contribution in [2.24, 2.45) is 4.99 Å². The van der Waals surface area contributed by atoms with E-state index >= 15 is 0 Å². The van der Waals surface area contributed by atoms with Crippen LogP contribution < -0.4 is 0 Å². The van der Waals surface area contributed by atoms with E-state index in [9.17, 15) is 13.2 Å². The minimum Gasteiger partial charge on any atom is -0.243 e. The lowest BCUT2D eigenvalue weighted by Gasteiger charge is -2.13. The van der Waals surface area contributed by atoms with Crippen LogP contribution in [0.3, 0.4) is 0 Å². The maximum absolute atomic E-state index is 12.9. The van der Waals surface area contributed by atoms with Gasteiger partial charge in [0.25, 0.3) is 0 Å². The number of para-hydroxylation sites is 1. The van der Waals surface area contributed by atoms with E-state index in [0.717, 1.165) is 0 Å². The van der Waals surface area contributed by atoms with Gasteiger partial charge in [0, 0.05) is 0 Å². The third-order valence-corrected chi connectivity index (χ3v) is 2.50. The number of rotatable bonds is 4. The molecular formula is C14H16F3N. The molecule has 0 unspecified atom stereocenters. The van der Waals surface area contributed by atoms with Crippen LogP contribution in [0.15, 0.2) is 41.4 Å². The quantitative estimate of drug-likeness (QED) is 0.672. The highest BCUT2D eigenvalue weighted by Crippen LogP contribution is 2.28. The molecule has 0 spiro atoms. The van der Waals surface area contributed by atoms with Crippen molar-refractivity contribution in [3.63, 3.8) is 0 Å². The zero-order valence-corrected chi connectivity index (χ0v) is 10.5. The fraction of sp³-hybridized carbons (Fsp3) is 0.357. The average molecular weight is 255 g/mol. The van der Waals surface area contributed by atoms with E-state index in [1.807, 2.05) is 6.92 Å². The van der Waals surface area contributed by atoms with Crippen LogP contribution in [0, 0.1) is 6.92 Å². The van der Waals surface area contributed by atoms with Gasteiger partial charge in [-0.05, 0) is 30.5 Å². The monoisotopic (exact) mass is 255 g/mol. The molecule has 0 heterocycles. The van der Waals surface area contributed by atoms with Gasteiger partial charge >= 0.3 is 6.18 Å². The summed E-state index contributed by atoms with van der Waals surface area (Å²) in [6.07, 6.45) is -3.56. The van der Waals surface area contributed by atoms with Crippen LogP contribution in [0.2, 0.25) is 0 Å². The molecule has 1 aromatic carbocycles. The maximum Gasteiger partial charge on any atom is 0.433 e. The number of halogens is 3. The van der Waals surface area contributed by atoms with Gasteiger partial charge in [-0.1, -0.05) is 38.1 Å². The van der Waals surface area contributed by atoms with Crippen molar-refractivity contribution in [1.29, 1.82) is 0 Å². The molecule has 1 nitrogen and oxygen atoms in total. The van der Waals surface area contributed by atoms with Crippen molar-refractivity contribution in [2.75, 3.05) is 0 Å². The van der Waals surface area contributed by atoms with Crippen LogP contribution in [0.5, 0.6) is 0 Å². The molecule has 0 aliphatic heterocycles. The summed E-state index contributed by atoms with van der Waals surface area (Å²) in [5.74, 6) is 0. The summed E-state index contributed by atoms with van der Waals surface area (Å²) in [6.45, 7) is 7.03. The Balaban J connectivity index is 3.19. The Kier molecular flexibility index (Phi) is 4.70. The number of allylic oxidation sites excluding steroid dienone is 1. The molecule has 0 amide bonds. The zero-order chi connectivity index (χ0) is 13.8. The Hall–Kier alpha value is -1.58. The Labute approximate surface area is 105 Å². The first-order valence-corrected chi connectivity index (χ1v) is 5.76. The Morgan fingerprint density at radius 3 is 2.39 bits per heavy atom. The lowest BCUT2D eigenvalue weighted by molar-refractivity contribution is -0.0582. The summed E-state index contributed by atoms with van der Waals surface area (Å²) >= 11 is 0. The third kappa shape index (κ3) is 3.72. The van der Waals surface area contributed by atoms with E-state index in [1.54, 1.807) is 31.2 Å². The highest BCUT2D eigenvalue weighted by atomic mass is 19.4. The molecule has 0 saturated carbocycles. The van der Waals surface area contributed by atoms with Crippen LogP contribution >= 0.6 is 0 Å². The normalized spacial score (nSPS) is 12.6. The summed E-state index contributed by atoms with van der Waals surface area (Å²) in [5.41, 5.74) is 0.206. The molecule has 0 bridgehead atoms. The lowest BCUT2D eigenvalue weighted by atomic mass is 10.1. The molecular weight excluding hydrogens is 239 g/mol. The number of benzene rings is 1. The van der Waals surface area contributed by atoms with Crippen molar-refractivity contribution in [3.8, 4) is 0 Å². The van der Waals surface area contributed by atoms with Gasteiger partial charge in [-0.25, -0.2) is 4.99 Å².